The van der Waals surface area contributed by atoms with Crippen LogP contribution in [0.1, 0.15) is 11.1 Å². The van der Waals surface area contributed by atoms with E-state index in [4.69, 9.17) is 29.6 Å². The molecule has 0 aliphatic heterocycles. The molecule has 0 unspecified atom stereocenters. The number of pyridine rings is 1. The molecule has 0 saturated carbocycles. The van der Waals surface area contributed by atoms with Gasteiger partial charge in [0.1, 0.15) is 10.8 Å². The van der Waals surface area contributed by atoms with Crippen LogP contribution in [0, 0.1) is 0 Å². The molecule has 0 fully saturated rings. The summed E-state index contributed by atoms with van der Waals surface area (Å²) >= 11 is 10.9. The SMILES string of the molecule is CN(Cc1ccc(Cl)cc1)c1ncccc1C(N)=S. The van der Waals surface area contributed by atoms with E-state index in [1.807, 2.05) is 48.3 Å². The van der Waals surface area contributed by atoms with Crippen molar-refractivity contribution >= 4 is 34.6 Å². The van der Waals surface area contributed by atoms with Crippen molar-refractivity contribution in [1.29, 1.82) is 0 Å². The number of rotatable bonds is 4. The molecule has 0 aliphatic carbocycles. The summed E-state index contributed by atoms with van der Waals surface area (Å²) in [6.45, 7) is 0.712. The van der Waals surface area contributed by atoms with Crippen LogP contribution in [-0.2, 0) is 6.54 Å². The molecule has 19 heavy (non-hydrogen) atoms. The summed E-state index contributed by atoms with van der Waals surface area (Å²) in [5.74, 6) is 0.782. The molecule has 2 aromatic rings. The van der Waals surface area contributed by atoms with Gasteiger partial charge in [0.15, 0.2) is 0 Å². The van der Waals surface area contributed by atoms with Gasteiger partial charge in [0.05, 0.1) is 5.56 Å². The average molecular weight is 292 g/mol. The Morgan fingerprint density at radius 2 is 2.00 bits per heavy atom. The van der Waals surface area contributed by atoms with E-state index in [-0.39, 0.29) is 0 Å². The maximum absolute atomic E-state index is 5.87. The molecule has 0 aliphatic rings. The Morgan fingerprint density at radius 1 is 1.32 bits per heavy atom. The molecule has 5 heteroatoms. The van der Waals surface area contributed by atoms with Gasteiger partial charge in [-0.05, 0) is 29.8 Å². The Balaban J connectivity index is 2.22. The molecule has 0 radical (unpaired) electrons. The zero-order chi connectivity index (χ0) is 13.8. The first-order chi connectivity index (χ1) is 9.08. The highest BCUT2D eigenvalue weighted by Crippen LogP contribution is 2.18. The number of aromatic nitrogens is 1. The van der Waals surface area contributed by atoms with Crippen molar-refractivity contribution in [3.63, 3.8) is 0 Å². The molecule has 98 valence electrons. The second-order valence-corrected chi connectivity index (χ2v) is 5.10. The maximum Gasteiger partial charge on any atom is 0.138 e. The largest absolute Gasteiger partial charge is 0.389 e. The fourth-order valence-electron chi connectivity index (χ4n) is 1.83. The third-order valence-electron chi connectivity index (χ3n) is 2.75. The number of anilines is 1. The van der Waals surface area contributed by atoms with Gasteiger partial charge < -0.3 is 10.6 Å². The third kappa shape index (κ3) is 3.43. The molecule has 2 rings (SSSR count). The monoisotopic (exact) mass is 291 g/mol. The van der Waals surface area contributed by atoms with Crippen LogP contribution >= 0.6 is 23.8 Å². The van der Waals surface area contributed by atoms with Gasteiger partial charge in [-0.2, -0.15) is 0 Å². The fourth-order valence-corrected chi connectivity index (χ4v) is 2.12. The zero-order valence-corrected chi connectivity index (χ0v) is 12.1. The number of nitrogens with two attached hydrogens (primary N) is 1. The topological polar surface area (TPSA) is 42.2 Å². The lowest BCUT2D eigenvalue weighted by atomic mass is 10.2. The van der Waals surface area contributed by atoms with Crippen LogP contribution in [0.4, 0.5) is 5.82 Å². The van der Waals surface area contributed by atoms with Crippen LogP contribution in [0.15, 0.2) is 42.6 Å². The second kappa shape index (κ2) is 5.99. The summed E-state index contributed by atoms with van der Waals surface area (Å²) in [6, 6.07) is 11.4. The summed E-state index contributed by atoms with van der Waals surface area (Å²) < 4.78 is 0. The van der Waals surface area contributed by atoms with Crippen LogP contribution in [0.5, 0.6) is 0 Å². The first kappa shape index (κ1) is 13.8. The van der Waals surface area contributed by atoms with E-state index < -0.39 is 0 Å². The number of hydrogen-bond donors (Lipinski definition) is 1. The number of halogens is 1. The van der Waals surface area contributed by atoms with E-state index >= 15 is 0 Å². The highest BCUT2D eigenvalue weighted by atomic mass is 35.5. The second-order valence-electron chi connectivity index (χ2n) is 4.22. The van der Waals surface area contributed by atoms with Crippen molar-refractivity contribution in [2.45, 2.75) is 6.54 Å². The third-order valence-corrected chi connectivity index (χ3v) is 3.22. The lowest BCUT2D eigenvalue weighted by molar-refractivity contribution is 0.896. The Bertz CT molecular complexity index is 583. The van der Waals surface area contributed by atoms with E-state index in [2.05, 4.69) is 4.98 Å². The summed E-state index contributed by atoms with van der Waals surface area (Å²) in [7, 11) is 1.96. The number of nitrogens with zero attached hydrogens (tertiary/aromatic N) is 2. The summed E-state index contributed by atoms with van der Waals surface area (Å²) in [4.78, 5) is 6.71. The van der Waals surface area contributed by atoms with Crippen LogP contribution < -0.4 is 10.6 Å². The van der Waals surface area contributed by atoms with E-state index in [1.54, 1.807) is 6.20 Å². The van der Waals surface area contributed by atoms with E-state index in [0.29, 0.717) is 11.5 Å². The molecule has 3 nitrogen and oxygen atoms in total. The number of hydrogen-bond acceptors (Lipinski definition) is 3. The Morgan fingerprint density at radius 3 is 2.63 bits per heavy atom. The van der Waals surface area contributed by atoms with Crippen molar-refractivity contribution in [3.8, 4) is 0 Å². The Kier molecular flexibility index (Phi) is 4.35. The van der Waals surface area contributed by atoms with Crippen molar-refractivity contribution in [1.82, 2.24) is 4.98 Å². The first-order valence-corrected chi connectivity index (χ1v) is 6.57. The minimum absolute atomic E-state index is 0.353. The lowest BCUT2D eigenvalue weighted by Crippen LogP contribution is -2.22. The van der Waals surface area contributed by atoms with Crippen LogP contribution in [0.25, 0.3) is 0 Å². The molecule has 0 bridgehead atoms. The van der Waals surface area contributed by atoms with E-state index in [0.717, 1.165) is 22.0 Å². The van der Waals surface area contributed by atoms with E-state index in [1.165, 1.54) is 0 Å². The van der Waals surface area contributed by atoms with Gasteiger partial charge in [0.2, 0.25) is 0 Å². The quantitative estimate of drug-likeness (QED) is 0.880. The molecular weight excluding hydrogens is 278 g/mol. The molecule has 0 saturated heterocycles. The normalized spacial score (nSPS) is 10.2. The average Bonchev–Trinajstić information content (AvgIpc) is 2.41. The van der Waals surface area contributed by atoms with Crippen LogP contribution in [0.3, 0.4) is 0 Å². The lowest BCUT2D eigenvalue weighted by Gasteiger charge is -2.20. The maximum atomic E-state index is 5.87. The predicted molar refractivity (Wildman–Crippen MR) is 83.7 cm³/mol. The van der Waals surface area contributed by atoms with Crippen LogP contribution in [-0.4, -0.2) is 17.0 Å². The fraction of sp³-hybridized carbons (Fsp3) is 0.143. The van der Waals surface area contributed by atoms with Crippen molar-refractivity contribution < 1.29 is 0 Å². The van der Waals surface area contributed by atoms with Gasteiger partial charge in [-0.1, -0.05) is 36.0 Å². The standard InChI is InChI=1S/C14H14ClN3S/c1-18(9-10-4-6-11(15)7-5-10)14-12(13(16)19)3-2-8-17-14/h2-8H,9H2,1H3,(H2,16,19). The summed E-state index contributed by atoms with van der Waals surface area (Å²) in [5, 5.41) is 0.730. The van der Waals surface area contributed by atoms with Crippen molar-refractivity contribution in [2.75, 3.05) is 11.9 Å². The predicted octanol–water partition coefficient (Wildman–Crippen LogP) is 3.01. The van der Waals surface area contributed by atoms with Crippen molar-refractivity contribution in [2.24, 2.45) is 5.73 Å². The highest BCUT2D eigenvalue weighted by molar-refractivity contribution is 7.80. The summed E-state index contributed by atoms with van der Waals surface area (Å²) in [5.41, 5.74) is 7.64. The van der Waals surface area contributed by atoms with Gasteiger partial charge in [0, 0.05) is 24.8 Å². The molecule has 1 aromatic heterocycles. The molecule has 0 amide bonds. The van der Waals surface area contributed by atoms with Gasteiger partial charge in [-0.15, -0.1) is 0 Å². The highest BCUT2D eigenvalue weighted by Gasteiger charge is 2.10. The Labute approximate surface area is 123 Å². The first-order valence-electron chi connectivity index (χ1n) is 5.78. The van der Waals surface area contributed by atoms with Crippen LogP contribution in [0.2, 0.25) is 5.02 Å². The summed E-state index contributed by atoms with van der Waals surface area (Å²) in [6.07, 6.45) is 1.73. The number of thiocarbonyl (C=S) groups is 1. The molecule has 0 atom stereocenters. The van der Waals surface area contributed by atoms with Gasteiger partial charge >= 0.3 is 0 Å². The molecule has 1 heterocycles. The molecule has 0 spiro atoms. The van der Waals surface area contributed by atoms with Gasteiger partial charge in [-0.3, -0.25) is 0 Å². The smallest absolute Gasteiger partial charge is 0.138 e. The van der Waals surface area contributed by atoms with Crippen molar-refractivity contribution in [3.05, 3.63) is 58.7 Å². The molecular formula is C14H14ClN3S. The number of benzene rings is 1. The zero-order valence-electron chi connectivity index (χ0n) is 10.5. The molecule has 2 N–H and O–H groups in total. The minimum Gasteiger partial charge on any atom is -0.389 e. The Hall–Kier alpha value is -1.65. The van der Waals surface area contributed by atoms with Gasteiger partial charge in [0.25, 0.3) is 0 Å². The minimum atomic E-state index is 0.353. The van der Waals surface area contributed by atoms with Gasteiger partial charge in [-0.25, -0.2) is 4.98 Å². The molecule has 1 aromatic carbocycles. The van der Waals surface area contributed by atoms with E-state index in [9.17, 15) is 0 Å².